The zero-order chi connectivity index (χ0) is 25.3. The molecule has 0 spiro atoms. The summed E-state index contributed by atoms with van der Waals surface area (Å²) in [5, 5.41) is 11.0. The van der Waals surface area contributed by atoms with Crippen LogP contribution in [0.2, 0.25) is 0 Å². The van der Waals surface area contributed by atoms with Crippen LogP contribution in [0.25, 0.3) is 11.2 Å². The zero-order valence-corrected chi connectivity index (χ0v) is 19.5. The molecule has 1 aliphatic heterocycles. The van der Waals surface area contributed by atoms with Gasteiger partial charge in [0, 0.05) is 12.5 Å². The number of rotatable bonds is 10. The van der Waals surface area contributed by atoms with Gasteiger partial charge in [0.05, 0.1) is 19.8 Å². The van der Waals surface area contributed by atoms with Gasteiger partial charge in [0.25, 0.3) is 11.5 Å². The van der Waals surface area contributed by atoms with Gasteiger partial charge in [0.2, 0.25) is 11.7 Å². The van der Waals surface area contributed by atoms with Gasteiger partial charge in [-0.05, 0) is 6.42 Å². The molecule has 34 heavy (non-hydrogen) atoms. The topological polar surface area (TPSA) is 233 Å². The molecule has 0 radical (unpaired) electrons. The molecule has 1 aliphatic rings. The highest BCUT2D eigenvalue weighted by Gasteiger charge is 2.48. The van der Waals surface area contributed by atoms with Gasteiger partial charge >= 0.3 is 21.3 Å². The van der Waals surface area contributed by atoms with E-state index in [-0.39, 0.29) is 36.7 Å². The summed E-state index contributed by atoms with van der Waals surface area (Å²) in [6.45, 7) is -0.567. The second kappa shape index (κ2) is 10.2. The van der Waals surface area contributed by atoms with Crippen molar-refractivity contribution in [2.45, 2.75) is 24.9 Å². The Kier molecular flexibility index (Phi) is 7.96. The number of nitrogens with one attached hydrogen (secondary N) is 1. The molecule has 7 N–H and O–H groups in total. The number of nitrogen functional groups attached to an aromatic ring is 1. The number of terminal acetylenes is 1. The summed E-state index contributed by atoms with van der Waals surface area (Å²) in [7, 11) is -8.91. The van der Waals surface area contributed by atoms with Crippen LogP contribution in [0.5, 0.6) is 0 Å². The predicted molar refractivity (Wildman–Crippen MR) is 113 cm³/mol. The van der Waals surface area contributed by atoms with Crippen molar-refractivity contribution in [3.63, 3.8) is 0 Å². The number of aryl methyl sites for hydroxylation is 1. The number of hydrogen-bond acceptors (Lipinski definition) is 10. The van der Waals surface area contributed by atoms with Gasteiger partial charge < -0.3 is 35.0 Å². The minimum atomic E-state index is -5.32. The molecule has 3 heterocycles. The van der Waals surface area contributed by atoms with Gasteiger partial charge in [0.1, 0.15) is 12.7 Å². The lowest BCUT2D eigenvalue weighted by atomic mass is 9.95. The quantitative estimate of drug-likeness (QED) is 0.0879. The average molecular weight is 524 g/mol. The van der Waals surface area contributed by atoms with E-state index in [0.29, 0.717) is 0 Å². The first kappa shape index (κ1) is 26.5. The molecule has 1 unspecified atom stereocenters. The lowest BCUT2D eigenvalue weighted by Gasteiger charge is -2.20. The molecule has 2 aromatic heterocycles. The SMILES string of the molecule is C#CCOCC[C@H]1[C@@H](O)[C@H]([n+]2cn(C)c3c(=O)[nH]c(N)nc32)O[C@@H]1COP(=O)(O)OP(=O)(O)O. The molecule has 1 saturated heterocycles. The van der Waals surface area contributed by atoms with Crippen LogP contribution in [-0.2, 0) is 34.5 Å². The highest BCUT2D eigenvalue weighted by atomic mass is 31.3. The molecule has 18 heteroatoms. The van der Waals surface area contributed by atoms with Gasteiger partial charge in [-0.25, -0.2) is 13.7 Å². The van der Waals surface area contributed by atoms with E-state index in [1.54, 1.807) is 7.05 Å². The average Bonchev–Trinajstić information content (AvgIpc) is 3.18. The molecule has 0 bridgehead atoms. The van der Waals surface area contributed by atoms with Gasteiger partial charge in [-0.15, -0.1) is 6.42 Å². The Labute approximate surface area is 192 Å². The van der Waals surface area contributed by atoms with Crippen molar-refractivity contribution in [1.29, 1.82) is 0 Å². The van der Waals surface area contributed by atoms with Crippen LogP contribution in [0.4, 0.5) is 5.95 Å². The molecule has 5 atom stereocenters. The first-order chi connectivity index (χ1) is 15.8. The van der Waals surface area contributed by atoms with Crippen LogP contribution in [0.3, 0.4) is 0 Å². The van der Waals surface area contributed by atoms with Crippen LogP contribution in [0.15, 0.2) is 11.1 Å². The van der Waals surface area contributed by atoms with Crippen LogP contribution in [-0.4, -0.2) is 66.4 Å². The van der Waals surface area contributed by atoms with E-state index in [4.69, 9.17) is 35.9 Å². The van der Waals surface area contributed by atoms with E-state index in [0.717, 1.165) is 0 Å². The Hall–Kier alpha value is -2.15. The number of H-pyrrole nitrogens is 1. The Morgan fingerprint density at radius 1 is 1.41 bits per heavy atom. The van der Waals surface area contributed by atoms with E-state index < -0.39 is 52.2 Å². The van der Waals surface area contributed by atoms with Crippen molar-refractivity contribution in [2.75, 3.05) is 25.6 Å². The number of aliphatic hydroxyl groups is 1. The number of nitrogens with zero attached hydrogens (tertiary/aromatic N) is 3. The van der Waals surface area contributed by atoms with Gasteiger partial charge in [-0.1, -0.05) is 10.9 Å². The van der Waals surface area contributed by atoms with Crippen LogP contribution in [0.1, 0.15) is 12.6 Å². The van der Waals surface area contributed by atoms with Crippen molar-refractivity contribution in [1.82, 2.24) is 14.5 Å². The Morgan fingerprint density at radius 2 is 2.12 bits per heavy atom. The van der Waals surface area contributed by atoms with E-state index in [2.05, 4.69) is 20.2 Å². The normalized spacial score (nSPS) is 24.8. The third kappa shape index (κ3) is 6.09. The summed E-state index contributed by atoms with van der Waals surface area (Å²) in [6.07, 6.45) is 3.32. The third-order valence-corrected chi connectivity index (χ3v) is 7.13. The number of aliphatic hydroxyl groups excluding tert-OH is 1. The first-order valence-electron chi connectivity index (χ1n) is 9.68. The number of phosphoric acid groups is 2. The summed E-state index contributed by atoms with van der Waals surface area (Å²) in [4.78, 5) is 45.9. The summed E-state index contributed by atoms with van der Waals surface area (Å²) in [5.74, 6) is 1.37. The molecule has 0 saturated carbocycles. The molecule has 0 aliphatic carbocycles. The number of nitrogens with two attached hydrogens (primary N) is 1. The van der Waals surface area contributed by atoms with Gasteiger partial charge in [-0.3, -0.25) is 18.9 Å². The largest absolute Gasteiger partial charge is 0.481 e. The lowest BCUT2D eigenvalue weighted by Crippen LogP contribution is -2.45. The highest BCUT2D eigenvalue weighted by Crippen LogP contribution is 2.57. The van der Waals surface area contributed by atoms with E-state index in [9.17, 15) is 23.9 Å². The van der Waals surface area contributed by atoms with Crippen LogP contribution in [0, 0.1) is 18.3 Å². The van der Waals surface area contributed by atoms with Crippen molar-refractivity contribution in [3.8, 4) is 12.3 Å². The minimum Gasteiger partial charge on any atom is -0.386 e. The molecule has 2 aromatic rings. The number of fused-ring (bicyclic) bond motifs is 1. The van der Waals surface area contributed by atoms with E-state index in [1.165, 1.54) is 15.5 Å². The summed E-state index contributed by atoms with van der Waals surface area (Å²) in [6, 6.07) is 0. The van der Waals surface area contributed by atoms with E-state index in [1.807, 2.05) is 0 Å². The van der Waals surface area contributed by atoms with E-state index >= 15 is 0 Å². The fourth-order valence-electron chi connectivity index (χ4n) is 3.67. The van der Waals surface area contributed by atoms with Gasteiger partial charge in [-0.2, -0.15) is 4.31 Å². The summed E-state index contributed by atoms with van der Waals surface area (Å²) < 4.78 is 45.1. The zero-order valence-electron chi connectivity index (χ0n) is 17.8. The number of ether oxygens (including phenoxy) is 2. The van der Waals surface area contributed by atoms with Gasteiger partial charge in [0.15, 0.2) is 6.33 Å². The highest BCUT2D eigenvalue weighted by molar-refractivity contribution is 7.60. The Balaban J connectivity index is 1.88. The second-order valence-electron chi connectivity index (χ2n) is 7.36. The van der Waals surface area contributed by atoms with Crippen molar-refractivity contribution in [2.24, 2.45) is 13.0 Å². The summed E-state index contributed by atoms with van der Waals surface area (Å²) in [5.41, 5.74) is 5.38. The number of aromatic amines is 1. The maximum atomic E-state index is 12.3. The monoisotopic (exact) mass is 524 g/mol. The van der Waals surface area contributed by atoms with Crippen LogP contribution >= 0.6 is 15.6 Å². The number of phosphoric ester groups is 1. The standard InChI is InChI=1S/C16H23N5O11P2/c1-3-5-29-6-4-9-10(7-30-34(27,28)32-33(24,25)26)31-15(12(9)22)21-8-20(2)11-13(21)18-16(17)19-14(11)23/h1,8-10,12,15,22H,4-7H2,2H3,(H5-,17,18,19,23,24,25,26,27,28)/p+1/t9-,10-,12-,15-/m1/s1. The molecule has 0 aromatic carbocycles. The molecular weight excluding hydrogens is 500 g/mol. The molecule has 188 valence electrons. The molecule has 1 fully saturated rings. The lowest BCUT2D eigenvalue weighted by molar-refractivity contribution is -0.745. The number of aromatic nitrogens is 4. The summed E-state index contributed by atoms with van der Waals surface area (Å²) >= 11 is 0. The van der Waals surface area contributed by atoms with Crippen molar-refractivity contribution in [3.05, 3.63) is 16.7 Å². The predicted octanol–water partition coefficient (Wildman–Crippen LogP) is -1.73. The number of imidazole rings is 1. The van der Waals surface area contributed by atoms with Crippen molar-refractivity contribution < 1.29 is 51.8 Å². The third-order valence-electron chi connectivity index (χ3n) is 4.98. The smallest absolute Gasteiger partial charge is 0.386 e. The molecule has 16 nitrogen and oxygen atoms in total. The van der Waals surface area contributed by atoms with Crippen LogP contribution < -0.4 is 15.9 Å². The first-order valence-corrected chi connectivity index (χ1v) is 12.7. The fraction of sp³-hybridized carbons (Fsp3) is 0.562. The Bertz CT molecular complexity index is 1230. The maximum absolute atomic E-state index is 12.3. The molecule has 0 amide bonds. The molecular formula is C16H24N5O11P2+. The van der Waals surface area contributed by atoms with Crippen molar-refractivity contribution >= 4 is 32.8 Å². The maximum Gasteiger partial charge on any atom is 0.481 e. The fourth-order valence-corrected chi connectivity index (χ4v) is 5.27. The number of anilines is 1. The number of hydrogen-bond donors (Lipinski definition) is 6. The minimum absolute atomic E-state index is 0.0142. The molecule has 3 rings (SSSR count). The Morgan fingerprint density at radius 3 is 2.76 bits per heavy atom. The second-order valence-corrected chi connectivity index (χ2v) is 10.2.